The van der Waals surface area contributed by atoms with Gasteiger partial charge in [-0.2, -0.15) is 11.3 Å². The van der Waals surface area contributed by atoms with Crippen molar-refractivity contribution >= 4 is 11.3 Å². The van der Waals surface area contributed by atoms with E-state index >= 15 is 0 Å². The molecular weight excluding hydrogens is 180 g/mol. The van der Waals surface area contributed by atoms with Gasteiger partial charge in [0.2, 0.25) is 0 Å². The van der Waals surface area contributed by atoms with Gasteiger partial charge in [0.1, 0.15) is 0 Å². The molecule has 0 amide bonds. The molecule has 3 N–H and O–H groups in total. The summed E-state index contributed by atoms with van der Waals surface area (Å²) in [6.07, 6.45) is 3.98. The summed E-state index contributed by atoms with van der Waals surface area (Å²) in [5, 5.41) is 4.40. The third kappa shape index (κ3) is 2.10. The molecule has 2 rings (SSSR count). The third-order valence-electron chi connectivity index (χ3n) is 2.74. The van der Waals surface area contributed by atoms with Crippen molar-refractivity contribution in [2.45, 2.75) is 32.2 Å². The van der Waals surface area contributed by atoms with Gasteiger partial charge in [0.25, 0.3) is 0 Å². The van der Waals surface area contributed by atoms with Crippen molar-refractivity contribution < 1.29 is 0 Å². The summed E-state index contributed by atoms with van der Waals surface area (Å²) in [7, 11) is 0. The minimum absolute atomic E-state index is 0.374. The summed E-state index contributed by atoms with van der Waals surface area (Å²) in [6, 6.07) is 0.374. The highest BCUT2D eigenvalue weighted by molar-refractivity contribution is 7.08. The average Bonchev–Trinajstić information content (AvgIpc) is 2.85. The largest absolute Gasteiger partial charge is 0.271 e. The zero-order valence-corrected chi connectivity index (χ0v) is 8.73. The first kappa shape index (κ1) is 9.19. The SMILES string of the molecule is Cc1cscc1C(CC1CC1)NN. The maximum atomic E-state index is 5.56. The van der Waals surface area contributed by atoms with E-state index in [1.165, 1.54) is 30.4 Å². The maximum Gasteiger partial charge on any atom is 0.0473 e. The van der Waals surface area contributed by atoms with E-state index in [4.69, 9.17) is 5.84 Å². The molecule has 0 spiro atoms. The molecule has 1 atom stereocenters. The fraction of sp³-hybridized carbons (Fsp3) is 0.600. The van der Waals surface area contributed by atoms with Crippen molar-refractivity contribution in [1.29, 1.82) is 0 Å². The van der Waals surface area contributed by atoms with E-state index in [2.05, 4.69) is 23.1 Å². The molecular formula is C10H16N2S. The number of hydrogen-bond acceptors (Lipinski definition) is 3. The van der Waals surface area contributed by atoms with Crippen molar-refractivity contribution in [3.05, 3.63) is 21.9 Å². The molecule has 0 aromatic carbocycles. The van der Waals surface area contributed by atoms with Gasteiger partial charge < -0.3 is 0 Å². The predicted octanol–water partition coefficient (Wildman–Crippen LogP) is 2.36. The Morgan fingerprint density at radius 2 is 2.38 bits per heavy atom. The van der Waals surface area contributed by atoms with Crippen LogP contribution in [0.2, 0.25) is 0 Å². The maximum absolute atomic E-state index is 5.56. The van der Waals surface area contributed by atoms with Crippen molar-refractivity contribution in [3.63, 3.8) is 0 Å². The Morgan fingerprint density at radius 3 is 2.85 bits per heavy atom. The van der Waals surface area contributed by atoms with Crippen LogP contribution in [0.15, 0.2) is 10.8 Å². The molecule has 1 aliphatic carbocycles. The van der Waals surface area contributed by atoms with Gasteiger partial charge in [-0.05, 0) is 41.1 Å². The lowest BCUT2D eigenvalue weighted by Crippen LogP contribution is -2.28. The molecule has 1 aromatic rings. The quantitative estimate of drug-likeness (QED) is 0.573. The summed E-state index contributed by atoms with van der Waals surface area (Å²) in [5.41, 5.74) is 5.68. The molecule has 1 aromatic heterocycles. The molecule has 0 aliphatic heterocycles. The van der Waals surface area contributed by atoms with Gasteiger partial charge in [-0.1, -0.05) is 12.8 Å². The van der Waals surface area contributed by atoms with Crippen LogP contribution in [0.4, 0.5) is 0 Å². The summed E-state index contributed by atoms with van der Waals surface area (Å²) < 4.78 is 0. The number of aryl methyl sites for hydroxylation is 1. The summed E-state index contributed by atoms with van der Waals surface area (Å²) in [4.78, 5) is 0. The van der Waals surface area contributed by atoms with Gasteiger partial charge in [-0.15, -0.1) is 0 Å². The van der Waals surface area contributed by atoms with Crippen LogP contribution in [0.25, 0.3) is 0 Å². The minimum atomic E-state index is 0.374. The third-order valence-corrected chi connectivity index (χ3v) is 3.62. The molecule has 72 valence electrons. The average molecular weight is 196 g/mol. The molecule has 1 heterocycles. The highest BCUT2D eigenvalue weighted by Gasteiger charge is 2.26. The lowest BCUT2D eigenvalue weighted by molar-refractivity contribution is 0.486. The monoisotopic (exact) mass is 196 g/mol. The molecule has 1 aliphatic rings. The normalized spacial score (nSPS) is 18.9. The number of rotatable bonds is 4. The first-order valence-electron chi connectivity index (χ1n) is 4.80. The molecule has 3 heteroatoms. The van der Waals surface area contributed by atoms with Gasteiger partial charge in [-0.3, -0.25) is 11.3 Å². The standard InChI is InChI=1S/C10H16N2S/c1-7-5-13-6-9(7)10(12-11)4-8-2-3-8/h5-6,8,10,12H,2-4,11H2,1H3. The molecule has 1 unspecified atom stereocenters. The van der Waals surface area contributed by atoms with Crippen LogP contribution in [0.5, 0.6) is 0 Å². The molecule has 0 radical (unpaired) electrons. The van der Waals surface area contributed by atoms with Crippen LogP contribution in [0, 0.1) is 12.8 Å². The Labute approximate surface area is 83.1 Å². The molecule has 2 nitrogen and oxygen atoms in total. The van der Waals surface area contributed by atoms with Crippen molar-refractivity contribution in [2.24, 2.45) is 11.8 Å². The summed E-state index contributed by atoms with van der Waals surface area (Å²) >= 11 is 1.76. The van der Waals surface area contributed by atoms with E-state index in [1.807, 2.05) is 0 Å². The fourth-order valence-corrected chi connectivity index (χ4v) is 2.60. The van der Waals surface area contributed by atoms with Crippen molar-refractivity contribution in [2.75, 3.05) is 0 Å². The topological polar surface area (TPSA) is 38.0 Å². The highest BCUT2D eigenvalue weighted by atomic mass is 32.1. The molecule has 1 saturated carbocycles. The van der Waals surface area contributed by atoms with Crippen LogP contribution in [-0.2, 0) is 0 Å². The number of hydrazine groups is 1. The van der Waals surface area contributed by atoms with Crippen LogP contribution < -0.4 is 11.3 Å². The Kier molecular flexibility index (Phi) is 2.67. The van der Waals surface area contributed by atoms with Crippen molar-refractivity contribution in [1.82, 2.24) is 5.43 Å². The van der Waals surface area contributed by atoms with E-state index < -0.39 is 0 Å². The fourth-order valence-electron chi connectivity index (χ4n) is 1.70. The lowest BCUT2D eigenvalue weighted by atomic mass is 10.0. The molecule has 0 bridgehead atoms. The first-order valence-corrected chi connectivity index (χ1v) is 5.74. The molecule has 0 saturated heterocycles. The minimum Gasteiger partial charge on any atom is -0.271 e. The van der Waals surface area contributed by atoms with E-state index in [9.17, 15) is 0 Å². The van der Waals surface area contributed by atoms with Crippen LogP contribution in [0.3, 0.4) is 0 Å². The summed E-state index contributed by atoms with van der Waals surface area (Å²) in [5.74, 6) is 6.48. The number of nitrogens with two attached hydrogens (primary N) is 1. The summed E-state index contributed by atoms with van der Waals surface area (Å²) in [6.45, 7) is 2.16. The zero-order chi connectivity index (χ0) is 9.26. The van der Waals surface area contributed by atoms with Crippen LogP contribution in [-0.4, -0.2) is 0 Å². The molecule has 13 heavy (non-hydrogen) atoms. The Bertz CT molecular complexity index is 278. The zero-order valence-electron chi connectivity index (χ0n) is 7.92. The Hall–Kier alpha value is -0.380. The second-order valence-corrected chi connectivity index (χ2v) is 4.65. The van der Waals surface area contributed by atoms with Gasteiger partial charge in [-0.25, -0.2) is 0 Å². The number of nitrogens with one attached hydrogen (secondary N) is 1. The van der Waals surface area contributed by atoms with E-state index in [0.29, 0.717) is 6.04 Å². The van der Waals surface area contributed by atoms with Gasteiger partial charge in [0.15, 0.2) is 0 Å². The van der Waals surface area contributed by atoms with E-state index in [0.717, 1.165) is 5.92 Å². The van der Waals surface area contributed by atoms with Crippen LogP contribution in [0.1, 0.15) is 36.4 Å². The Balaban J connectivity index is 2.06. The van der Waals surface area contributed by atoms with E-state index in [1.54, 1.807) is 11.3 Å². The second-order valence-electron chi connectivity index (χ2n) is 3.91. The smallest absolute Gasteiger partial charge is 0.0473 e. The van der Waals surface area contributed by atoms with Crippen molar-refractivity contribution in [3.8, 4) is 0 Å². The number of thiophene rings is 1. The van der Waals surface area contributed by atoms with E-state index in [-0.39, 0.29) is 0 Å². The van der Waals surface area contributed by atoms with Gasteiger partial charge >= 0.3 is 0 Å². The second kappa shape index (κ2) is 3.78. The number of hydrogen-bond donors (Lipinski definition) is 2. The van der Waals surface area contributed by atoms with Crippen LogP contribution >= 0.6 is 11.3 Å². The molecule has 1 fully saturated rings. The first-order chi connectivity index (χ1) is 6.31. The predicted molar refractivity (Wildman–Crippen MR) is 56.5 cm³/mol. The van der Waals surface area contributed by atoms with Gasteiger partial charge in [0.05, 0.1) is 0 Å². The lowest BCUT2D eigenvalue weighted by Gasteiger charge is -2.15. The highest BCUT2D eigenvalue weighted by Crippen LogP contribution is 2.38. The van der Waals surface area contributed by atoms with Gasteiger partial charge in [0, 0.05) is 6.04 Å². The Morgan fingerprint density at radius 1 is 1.62 bits per heavy atom.